The zero-order valence-electron chi connectivity index (χ0n) is 13.6. The van der Waals surface area contributed by atoms with Crippen molar-refractivity contribution in [3.63, 3.8) is 0 Å². The zero-order valence-corrected chi connectivity index (χ0v) is 14.4. The van der Waals surface area contributed by atoms with E-state index in [1.54, 1.807) is 12.1 Å². The van der Waals surface area contributed by atoms with Crippen molar-refractivity contribution in [2.45, 2.75) is 24.8 Å². The van der Waals surface area contributed by atoms with Gasteiger partial charge in [-0.25, -0.2) is 4.79 Å². The van der Waals surface area contributed by atoms with Crippen LogP contribution in [0.1, 0.15) is 22.8 Å². The first kappa shape index (κ1) is 17.5. The van der Waals surface area contributed by atoms with Gasteiger partial charge in [0.25, 0.3) is 11.8 Å². The normalized spacial score (nSPS) is 22.3. The Hall–Kier alpha value is -2.32. The zero-order chi connectivity index (χ0) is 18.1. The van der Waals surface area contributed by atoms with Crippen molar-refractivity contribution in [3.8, 4) is 0 Å². The molecule has 1 saturated heterocycles. The van der Waals surface area contributed by atoms with Gasteiger partial charge in [0, 0.05) is 11.3 Å². The molecule has 0 radical (unpaired) electrons. The fraction of sp³-hybridized carbons (Fsp3) is 0.353. The second-order valence-electron chi connectivity index (χ2n) is 5.83. The van der Waals surface area contributed by atoms with E-state index in [1.807, 2.05) is 19.1 Å². The highest BCUT2D eigenvalue weighted by Crippen LogP contribution is 2.40. The molecule has 0 spiro atoms. The molecule has 8 heteroatoms. The molecule has 2 atom stereocenters. The fourth-order valence-electron chi connectivity index (χ4n) is 2.92. The number of aliphatic carboxylic acids is 1. The molecular formula is C17H18N2O5S. The van der Waals surface area contributed by atoms with Crippen molar-refractivity contribution in [2.24, 2.45) is 0 Å². The Labute approximate surface area is 148 Å². The molecule has 2 aliphatic heterocycles. The Morgan fingerprint density at radius 2 is 2.00 bits per heavy atom. The third-order valence-corrected chi connectivity index (χ3v) is 5.69. The van der Waals surface area contributed by atoms with Crippen molar-refractivity contribution in [2.75, 3.05) is 12.4 Å². The maximum atomic E-state index is 12.4. The van der Waals surface area contributed by atoms with E-state index >= 15 is 0 Å². The average Bonchev–Trinajstić information content (AvgIpc) is 2.64. The first-order valence-electron chi connectivity index (χ1n) is 7.88. The summed E-state index contributed by atoms with van der Waals surface area (Å²) in [5.74, 6) is -1.78. The molecule has 2 amide bonds. The van der Waals surface area contributed by atoms with Crippen LogP contribution >= 0.6 is 11.8 Å². The number of aryl methyl sites for hydroxylation is 1. The van der Waals surface area contributed by atoms with Gasteiger partial charge in [-0.3, -0.25) is 14.5 Å². The summed E-state index contributed by atoms with van der Waals surface area (Å²) in [4.78, 5) is 37.3. The van der Waals surface area contributed by atoms with Gasteiger partial charge >= 0.3 is 5.97 Å². The molecule has 3 N–H and O–H groups in total. The summed E-state index contributed by atoms with van der Waals surface area (Å²) in [6.45, 7) is 1.61. The second-order valence-corrected chi connectivity index (χ2v) is 6.93. The van der Waals surface area contributed by atoms with Gasteiger partial charge in [-0.1, -0.05) is 19.1 Å². The molecule has 0 aromatic heterocycles. The van der Waals surface area contributed by atoms with Gasteiger partial charge in [-0.05, 0) is 29.7 Å². The van der Waals surface area contributed by atoms with Gasteiger partial charge < -0.3 is 15.5 Å². The monoisotopic (exact) mass is 362 g/mol. The van der Waals surface area contributed by atoms with E-state index in [2.05, 4.69) is 5.32 Å². The molecule has 1 aromatic rings. The SMILES string of the molecule is CCc1ccc(C(=O)N[C@H]2C(=O)N3C(C(=O)O)=C(CO)CS[C@@H]23)cc1. The van der Waals surface area contributed by atoms with E-state index in [9.17, 15) is 24.6 Å². The van der Waals surface area contributed by atoms with Gasteiger partial charge in [-0.2, -0.15) is 0 Å². The Bertz CT molecular complexity index is 759. The quantitative estimate of drug-likeness (QED) is 0.662. The Morgan fingerprint density at radius 3 is 2.56 bits per heavy atom. The number of carbonyl (C=O) groups excluding carboxylic acids is 2. The number of hydrogen-bond donors (Lipinski definition) is 3. The lowest BCUT2D eigenvalue weighted by Crippen LogP contribution is -2.70. The summed E-state index contributed by atoms with van der Waals surface area (Å²) in [5, 5.41) is 20.8. The van der Waals surface area contributed by atoms with E-state index in [-0.39, 0.29) is 11.6 Å². The van der Waals surface area contributed by atoms with Crippen LogP contribution in [0.2, 0.25) is 0 Å². The molecule has 132 valence electrons. The van der Waals surface area contributed by atoms with Crippen molar-refractivity contribution < 1.29 is 24.6 Å². The minimum Gasteiger partial charge on any atom is -0.477 e. The van der Waals surface area contributed by atoms with E-state index < -0.39 is 29.9 Å². The molecule has 0 bridgehead atoms. The van der Waals surface area contributed by atoms with Crippen molar-refractivity contribution in [1.29, 1.82) is 0 Å². The summed E-state index contributed by atoms with van der Waals surface area (Å²) < 4.78 is 0. The topological polar surface area (TPSA) is 107 Å². The van der Waals surface area contributed by atoms with Crippen LogP contribution in [-0.2, 0) is 16.0 Å². The third kappa shape index (κ3) is 3.03. The predicted molar refractivity (Wildman–Crippen MR) is 91.9 cm³/mol. The highest BCUT2D eigenvalue weighted by Gasteiger charge is 2.54. The number of amides is 2. The Morgan fingerprint density at radius 1 is 1.32 bits per heavy atom. The van der Waals surface area contributed by atoms with Crippen molar-refractivity contribution in [3.05, 3.63) is 46.7 Å². The van der Waals surface area contributed by atoms with Gasteiger partial charge in [0.15, 0.2) is 0 Å². The first-order chi connectivity index (χ1) is 12.0. The molecule has 2 heterocycles. The number of nitrogens with one attached hydrogen (secondary N) is 1. The third-order valence-electron chi connectivity index (χ3n) is 4.35. The first-order valence-corrected chi connectivity index (χ1v) is 8.93. The number of fused-ring (bicyclic) bond motifs is 1. The van der Waals surface area contributed by atoms with Crippen LogP contribution in [0.25, 0.3) is 0 Å². The lowest BCUT2D eigenvalue weighted by Gasteiger charge is -2.49. The lowest BCUT2D eigenvalue weighted by molar-refractivity contribution is -0.148. The second kappa shape index (κ2) is 6.89. The van der Waals surface area contributed by atoms with Crippen LogP contribution < -0.4 is 5.32 Å². The van der Waals surface area contributed by atoms with Gasteiger partial charge in [-0.15, -0.1) is 11.8 Å². The maximum absolute atomic E-state index is 12.4. The van der Waals surface area contributed by atoms with E-state index in [4.69, 9.17) is 0 Å². The average molecular weight is 362 g/mol. The number of carboxylic acids is 1. The van der Waals surface area contributed by atoms with Crippen molar-refractivity contribution >= 4 is 29.5 Å². The molecular weight excluding hydrogens is 344 g/mol. The molecule has 7 nitrogen and oxygen atoms in total. The van der Waals surface area contributed by atoms with Crippen LogP contribution in [0, 0.1) is 0 Å². The van der Waals surface area contributed by atoms with Crippen molar-refractivity contribution in [1.82, 2.24) is 10.2 Å². The lowest BCUT2D eigenvalue weighted by atomic mass is 10.0. The minimum atomic E-state index is -1.25. The number of aliphatic hydroxyl groups excluding tert-OH is 1. The van der Waals surface area contributed by atoms with Crippen LogP contribution in [0.3, 0.4) is 0 Å². The molecule has 1 aromatic carbocycles. The number of aliphatic hydroxyl groups is 1. The summed E-state index contributed by atoms with van der Waals surface area (Å²) >= 11 is 1.33. The smallest absolute Gasteiger partial charge is 0.352 e. The number of β-lactam (4-membered cyclic amide) rings is 1. The maximum Gasteiger partial charge on any atom is 0.352 e. The summed E-state index contributed by atoms with van der Waals surface area (Å²) in [6, 6.07) is 6.36. The summed E-state index contributed by atoms with van der Waals surface area (Å²) in [5.41, 5.74) is 1.70. The highest BCUT2D eigenvalue weighted by molar-refractivity contribution is 8.00. The number of hydrogen-bond acceptors (Lipinski definition) is 5. The summed E-state index contributed by atoms with van der Waals surface area (Å²) in [6.07, 6.45) is 0.869. The Kier molecular flexibility index (Phi) is 4.82. The summed E-state index contributed by atoms with van der Waals surface area (Å²) in [7, 11) is 0. The van der Waals surface area contributed by atoms with E-state index in [1.165, 1.54) is 11.8 Å². The van der Waals surface area contributed by atoms with Crippen LogP contribution in [0.15, 0.2) is 35.5 Å². The van der Waals surface area contributed by atoms with E-state index in [0.717, 1.165) is 16.9 Å². The number of benzene rings is 1. The number of thioether (sulfide) groups is 1. The van der Waals surface area contributed by atoms with E-state index in [0.29, 0.717) is 16.9 Å². The molecule has 1 fully saturated rings. The van der Waals surface area contributed by atoms with Gasteiger partial charge in [0.1, 0.15) is 17.1 Å². The standard InChI is InChI=1S/C17H18N2O5S/c1-2-9-3-5-10(6-4-9)14(21)18-12-15(22)19-13(17(23)24)11(7-20)8-25-16(12)19/h3-6,12,16,20H,2,7-8H2,1H3,(H,18,21)(H,23,24)/t12-,16-/m0/s1. The van der Waals surface area contributed by atoms with Crippen LogP contribution in [0.5, 0.6) is 0 Å². The molecule has 0 unspecified atom stereocenters. The van der Waals surface area contributed by atoms with Gasteiger partial charge in [0.2, 0.25) is 0 Å². The molecule has 2 aliphatic rings. The highest BCUT2D eigenvalue weighted by atomic mass is 32.2. The molecule has 3 rings (SSSR count). The molecule has 0 saturated carbocycles. The van der Waals surface area contributed by atoms with Gasteiger partial charge in [0.05, 0.1) is 6.61 Å². The number of carbonyl (C=O) groups is 3. The molecule has 0 aliphatic carbocycles. The predicted octanol–water partition coefficient (Wildman–Crippen LogP) is 0.593. The largest absolute Gasteiger partial charge is 0.477 e. The number of nitrogens with zero attached hydrogens (tertiary/aromatic N) is 1. The number of carboxylic acid groups (broad SMARTS) is 1. The number of rotatable bonds is 5. The Balaban J connectivity index is 1.74. The fourth-order valence-corrected chi connectivity index (χ4v) is 4.26. The van der Waals surface area contributed by atoms with Crippen LogP contribution in [-0.4, -0.2) is 56.7 Å². The van der Waals surface area contributed by atoms with Crippen LogP contribution in [0.4, 0.5) is 0 Å². The molecule has 25 heavy (non-hydrogen) atoms. The minimum absolute atomic E-state index is 0.172.